The average Bonchev–Trinajstić information content (AvgIpc) is 3.03. The number of nitrogens with one attached hydrogen (secondary N) is 1. The molecule has 0 fully saturated rings. The summed E-state index contributed by atoms with van der Waals surface area (Å²) in [7, 11) is 0. The summed E-state index contributed by atoms with van der Waals surface area (Å²) in [5.41, 5.74) is 4.09. The van der Waals surface area contributed by atoms with Gasteiger partial charge in [-0.1, -0.05) is 42.3 Å². The Kier molecular flexibility index (Phi) is 6.42. The van der Waals surface area contributed by atoms with Crippen LogP contribution in [0.15, 0.2) is 61.2 Å². The molecule has 4 heteroatoms. The van der Waals surface area contributed by atoms with Crippen molar-refractivity contribution in [2.24, 2.45) is 0 Å². The second-order valence-electron chi connectivity index (χ2n) is 6.85. The highest BCUT2D eigenvalue weighted by Crippen LogP contribution is 2.17. The Labute approximate surface area is 160 Å². The zero-order chi connectivity index (χ0) is 19.1. The van der Waals surface area contributed by atoms with Gasteiger partial charge in [-0.25, -0.2) is 4.98 Å². The highest BCUT2D eigenvalue weighted by molar-refractivity contribution is 5.94. The van der Waals surface area contributed by atoms with Crippen LogP contribution in [0.3, 0.4) is 0 Å². The van der Waals surface area contributed by atoms with Gasteiger partial charge in [0.05, 0.1) is 11.0 Å². The highest BCUT2D eigenvalue weighted by atomic mass is 16.1. The first-order valence-electron chi connectivity index (χ1n) is 9.59. The number of nitrogens with zero attached hydrogens (tertiary/aromatic N) is 2. The minimum absolute atomic E-state index is 0.00257. The maximum atomic E-state index is 12.1. The maximum absolute atomic E-state index is 12.1. The van der Waals surface area contributed by atoms with Gasteiger partial charge in [-0.05, 0) is 44.0 Å². The van der Waals surface area contributed by atoms with Crippen LogP contribution in [0.25, 0.3) is 11.0 Å². The Balaban J connectivity index is 1.44. The van der Waals surface area contributed by atoms with Crippen molar-refractivity contribution in [2.45, 2.75) is 39.2 Å². The molecule has 3 rings (SSSR count). The fourth-order valence-corrected chi connectivity index (χ4v) is 3.24. The molecule has 4 nitrogen and oxygen atoms in total. The standard InChI is InChI=1S/C23H27N3O/c1-3-17-26-21-10-7-6-9-20(21)25-22(26)11-5-4-8-16-24-23(27)19-14-12-18(2)13-15-19/h3,6-7,9-10,12-15H,1,4-5,8,11,16-17H2,2H3,(H,24,27). The molecule has 1 amide bonds. The topological polar surface area (TPSA) is 46.9 Å². The van der Waals surface area contributed by atoms with E-state index in [1.54, 1.807) is 0 Å². The zero-order valence-corrected chi connectivity index (χ0v) is 15.9. The Hall–Kier alpha value is -2.88. The van der Waals surface area contributed by atoms with Gasteiger partial charge < -0.3 is 9.88 Å². The molecule has 0 radical (unpaired) electrons. The number of rotatable bonds is 9. The molecule has 1 heterocycles. The van der Waals surface area contributed by atoms with E-state index in [2.05, 4.69) is 28.6 Å². The molecule has 2 aromatic carbocycles. The number of hydrogen-bond donors (Lipinski definition) is 1. The molecule has 0 atom stereocenters. The van der Waals surface area contributed by atoms with Crippen molar-refractivity contribution in [3.63, 3.8) is 0 Å². The van der Waals surface area contributed by atoms with Crippen LogP contribution in [-0.2, 0) is 13.0 Å². The third kappa shape index (κ3) is 4.85. The number of hydrogen-bond acceptors (Lipinski definition) is 2. The predicted molar refractivity (Wildman–Crippen MR) is 111 cm³/mol. The number of benzene rings is 2. The van der Waals surface area contributed by atoms with Crippen LogP contribution >= 0.6 is 0 Å². The Morgan fingerprint density at radius 3 is 2.67 bits per heavy atom. The second kappa shape index (κ2) is 9.17. The first kappa shape index (κ1) is 18.9. The molecule has 140 valence electrons. The van der Waals surface area contributed by atoms with Gasteiger partial charge in [0.2, 0.25) is 0 Å². The highest BCUT2D eigenvalue weighted by Gasteiger charge is 2.09. The first-order valence-corrected chi connectivity index (χ1v) is 9.59. The van der Waals surface area contributed by atoms with Crippen molar-refractivity contribution < 1.29 is 4.79 Å². The molecule has 27 heavy (non-hydrogen) atoms. The second-order valence-corrected chi connectivity index (χ2v) is 6.85. The van der Waals surface area contributed by atoms with Crippen LogP contribution in [0.1, 0.15) is 41.0 Å². The quantitative estimate of drug-likeness (QED) is 0.444. The predicted octanol–water partition coefficient (Wildman–Crippen LogP) is 4.67. The number of aryl methyl sites for hydroxylation is 2. The van der Waals surface area contributed by atoms with Gasteiger partial charge in [0.25, 0.3) is 5.91 Å². The van der Waals surface area contributed by atoms with E-state index in [0.717, 1.165) is 60.2 Å². The summed E-state index contributed by atoms with van der Waals surface area (Å²) in [6.07, 6.45) is 5.94. The zero-order valence-electron chi connectivity index (χ0n) is 15.9. The Morgan fingerprint density at radius 2 is 1.89 bits per heavy atom. The van der Waals surface area contributed by atoms with Crippen LogP contribution in [0.2, 0.25) is 0 Å². The van der Waals surface area contributed by atoms with Crippen LogP contribution in [0.4, 0.5) is 0 Å². The molecule has 3 aromatic rings. The van der Waals surface area contributed by atoms with Gasteiger partial charge in [-0.15, -0.1) is 6.58 Å². The van der Waals surface area contributed by atoms with E-state index in [1.807, 2.05) is 49.4 Å². The minimum atomic E-state index is 0.00257. The normalized spacial score (nSPS) is 10.9. The monoisotopic (exact) mass is 361 g/mol. The van der Waals surface area contributed by atoms with E-state index in [9.17, 15) is 4.79 Å². The molecular weight excluding hydrogens is 334 g/mol. The Morgan fingerprint density at radius 1 is 1.11 bits per heavy atom. The molecule has 0 aliphatic carbocycles. The van der Waals surface area contributed by atoms with Crippen molar-refractivity contribution in [3.8, 4) is 0 Å². The van der Waals surface area contributed by atoms with Crippen molar-refractivity contribution in [1.82, 2.24) is 14.9 Å². The summed E-state index contributed by atoms with van der Waals surface area (Å²) < 4.78 is 2.24. The third-order valence-electron chi connectivity index (χ3n) is 4.72. The number of amides is 1. The fourth-order valence-electron chi connectivity index (χ4n) is 3.24. The number of fused-ring (bicyclic) bond motifs is 1. The third-order valence-corrected chi connectivity index (χ3v) is 4.72. The summed E-state index contributed by atoms with van der Waals surface area (Å²) in [6, 6.07) is 15.9. The smallest absolute Gasteiger partial charge is 0.251 e. The van der Waals surface area contributed by atoms with E-state index in [1.165, 1.54) is 0 Å². The summed E-state index contributed by atoms with van der Waals surface area (Å²) >= 11 is 0. The van der Waals surface area contributed by atoms with Gasteiger partial charge in [0, 0.05) is 25.1 Å². The van der Waals surface area contributed by atoms with Gasteiger partial charge in [-0.3, -0.25) is 4.79 Å². The largest absolute Gasteiger partial charge is 0.352 e. The van der Waals surface area contributed by atoms with Crippen molar-refractivity contribution in [2.75, 3.05) is 6.54 Å². The van der Waals surface area contributed by atoms with Crippen molar-refractivity contribution in [3.05, 3.63) is 78.1 Å². The maximum Gasteiger partial charge on any atom is 0.251 e. The number of allylic oxidation sites excluding steroid dienone is 1. The van der Waals surface area contributed by atoms with E-state index in [0.29, 0.717) is 6.54 Å². The molecule has 1 N–H and O–H groups in total. The summed E-state index contributed by atoms with van der Waals surface area (Å²) in [6.45, 7) is 7.36. The number of carbonyl (C=O) groups excluding carboxylic acids is 1. The SMILES string of the molecule is C=CCn1c(CCCCCNC(=O)c2ccc(C)cc2)nc2ccccc21. The Bertz CT molecular complexity index is 909. The number of imidazole rings is 1. The summed E-state index contributed by atoms with van der Waals surface area (Å²) in [5.74, 6) is 1.11. The van der Waals surface area contributed by atoms with Gasteiger partial charge >= 0.3 is 0 Å². The van der Waals surface area contributed by atoms with Crippen molar-refractivity contribution >= 4 is 16.9 Å². The van der Waals surface area contributed by atoms with E-state index >= 15 is 0 Å². The number of carbonyl (C=O) groups is 1. The molecule has 0 saturated carbocycles. The molecule has 0 spiro atoms. The van der Waals surface area contributed by atoms with Gasteiger partial charge in [0.1, 0.15) is 5.82 Å². The summed E-state index contributed by atoms with van der Waals surface area (Å²) in [5, 5.41) is 3.00. The fraction of sp³-hybridized carbons (Fsp3) is 0.304. The molecule has 0 aliphatic heterocycles. The summed E-state index contributed by atoms with van der Waals surface area (Å²) in [4.78, 5) is 16.9. The van der Waals surface area contributed by atoms with Crippen LogP contribution < -0.4 is 5.32 Å². The number of unbranched alkanes of at least 4 members (excludes halogenated alkanes) is 2. The van der Waals surface area contributed by atoms with Crippen LogP contribution in [0.5, 0.6) is 0 Å². The molecule has 0 bridgehead atoms. The lowest BCUT2D eigenvalue weighted by molar-refractivity contribution is 0.0953. The average molecular weight is 361 g/mol. The van der Waals surface area contributed by atoms with Crippen molar-refractivity contribution in [1.29, 1.82) is 0 Å². The van der Waals surface area contributed by atoms with Crippen LogP contribution in [-0.4, -0.2) is 22.0 Å². The van der Waals surface area contributed by atoms with E-state index in [4.69, 9.17) is 4.98 Å². The molecule has 0 saturated heterocycles. The molecule has 0 aliphatic rings. The minimum Gasteiger partial charge on any atom is -0.352 e. The lowest BCUT2D eigenvalue weighted by Gasteiger charge is -2.07. The van der Waals surface area contributed by atoms with Gasteiger partial charge in [-0.2, -0.15) is 0 Å². The lowest BCUT2D eigenvalue weighted by Crippen LogP contribution is -2.24. The lowest BCUT2D eigenvalue weighted by atomic mass is 10.1. The van der Waals surface area contributed by atoms with E-state index in [-0.39, 0.29) is 5.91 Å². The van der Waals surface area contributed by atoms with E-state index < -0.39 is 0 Å². The molecular formula is C23H27N3O. The van der Waals surface area contributed by atoms with Gasteiger partial charge in [0.15, 0.2) is 0 Å². The molecule has 1 aromatic heterocycles. The number of aromatic nitrogens is 2. The first-order chi connectivity index (χ1) is 13.2. The van der Waals surface area contributed by atoms with Crippen LogP contribution in [0, 0.1) is 6.92 Å². The molecule has 0 unspecified atom stereocenters. The number of para-hydroxylation sites is 2.